The molecule has 0 radical (unpaired) electrons. The molecule has 2 aliphatic rings. The van der Waals surface area contributed by atoms with E-state index in [4.69, 9.17) is 11.6 Å². The highest BCUT2D eigenvalue weighted by Crippen LogP contribution is 2.32. The number of para-hydroxylation sites is 1. The van der Waals surface area contributed by atoms with Crippen molar-refractivity contribution >= 4 is 23.3 Å². The number of nitrogens with zero attached hydrogens (tertiary/aromatic N) is 2. The molecule has 2 aromatic carbocycles. The second-order valence-corrected chi connectivity index (χ2v) is 7.22. The van der Waals surface area contributed by atoms with Gasteiger partial charge in [0.15, 0.2) is 0 Å². The summed E-state index contributed by atoms with van der Waals surface area (Å²) in [6.45, 7) is 2.76. The first kappa shape index (κ1) is 17.2. The maximum absolute atomic E-state index is 13.5. The topological polar surface area (TPSA) is 35.6 Å². The molecular formula is C20H21ClFN3O. The Labute approximate surface area is 157 Å². The first-order valence-electron chi connectivity index (χ1n) is 8.95. The number of hydrogen-bond donors (Lipinski definition) is 1. The van der Waals surface area contributed by atoms with Crippen LogP contribution in [0.1, 0.15) is 23.6 Å². The van der Waals surface area contributed by atoms with Crippen molar-refractivity contribution in [3.8, 4) is 0 Å². The highest BCUT2D eigenvalue weighted by Gasteiger charge is 2.28. The standard InChI is InChI=1S/C20H21ClFN3O/c21-17-3-1-2-4-19(17)24-9-11-25(12-10-24)20(26)23-18-8-6-14-5-7-15(22)13-16(14)18/h1-5,7,13,18H,6,8-12H2,(H,23,26). The second-order valence-electron chi connectivity index (χ2n) is 6.81. The van der Waals surface area contributed by atoms with E-state index in [1.165, 1.54) is 6.07 Å². The molecular weight excluding hydrogens is 353 g/mol. The number of hydrogen-bond acceptors (Lipinski definition) is 2. The Morgan fingerprint density at radius 2 is 1.88 bits per heavy atom. The van der Waals surface area contributed by atoms with Crippen molar-refractivity contribution in [3.05, 3.63) is 64.4 Å². The Hall–Kier alpha value is -2.27. The van der Waals surface area contributed by atoms with Gasteiger partial charge in [0.2, 0.25) is 0 Å². The number of nitrogens with one attached hydrogen (secondary N) is 1. The van der Waals surface area contributed by atoms with Crippen molar-refractivity contribution in [2.45, 2.75) is 18.9 Å². The van der Waals surface area contributed by atoms with Crippen molar-refractivity contribution in [2.24, 2.45) is 0 Å². The van der Waals surface area contributed by atoms with Gasteiger partial charge in [-0.15, -0.1) is 0 Å². The van der Waals surface area contributed by atoms with Crippen LogP contribution < -0.4 is 10.2 Å². The van der Waals surface area contributed by atoms with E-state index in [9.17, 15) is 9.18 Å². The van der Waals surface area contributed by atoms with E-state index in [2.05, 4.69) is 10.2 Å². The van der Waals surface area contributed by atoms with Crippen LogP contribution in [-0.2, 0) is 6.42 Å². The van der Waals surface area contributed by atoms with Crippen LogP contribution in [-0.4, -0.2) is 37.1 Å². The summed E-state index contributed by atoms with van der Waals surface area (Å²) < 4.78 is 13.5. The van der Waals surface area contributed by atoms with Crippen LogP contribution in [0, 0.1) is 5.82 Å². The average molecular weight is 374 g/mol. The zero-order chi connectivity index (χ0) is 18.1. The Kier molecular flexibility index (Phi) is 4.72. The quantitative estimate of drug-likeness (QED) is 0.863. The van der Waals surface area contributed by atoms with Gasteiger partial charge in [-0.3, -0.25) is 0 Å². The van der Waals surface area contributed by atoms with Gasteiger partial charge in [0.1, 0.15) is 5.82 Å². The first-order chi connectivity index (χ1) is 12.6. The number of anilines is 1. The van der Waals surface area contributed by atoms with Crippen molar-refractivity contribution in [3.63, 3.8) is 0 Å². The van der Waals surface area contributed by atoms with Gasteiger partial charge >= 0.3 is 6.03 Å². The lowest BCUT2D eigenvalue weighted by atomic mass is 10.1. The first-order valence-corrected chi connectivity index (χ1v) is 9.33. The lowest BCUT2D eigenvalue weighted by Crippen LogP contribution is -2.52. The number of carbonyl (C=O) groups excluding carboxylic acids is 1. The summed E-state index contributed by atoms with van der Waals surface area (Å²) in [5, 5.41) is 3.81. The number of piperazine rings is 1. The van der Waals surface area contributed by atoms with E-state index in [0.717, 1.165) is 47.8 Å². The van der Waals surface area contributed by atoms with Crippen LogP contribution in [0.25, 0.3) is 0 Å². The number of carbonyl (C=O) groups is 1. The summed E-state index contributed by atoms with van der Waals surface area (Å²) in [4.78, 5) is 16.7. The van der Waals surface area contributed by atoms with Crippen LogP contribution in [0.15, 0.2) is 42.5 Å². The summed E-state index contributed by atoms with van der Waals surface area (Å²) in [5.41, 5.74) is 3.04. The molecule has 4 rings (SSSR count). The number of urea groups is 1. The number of amides is 2. The monoisotopic (exact) mass is 373 g/mol. The van der Waals surface area contributed by atoms with Gasteiger partial charge in [0, 0.05) is 26.2 Å². The Bertz CT molecular complexity index is 820. The maximum Gasteiger partial charge on any atom is 0.318 e. The van der Waals surface area contributed by atoms with Gasteiger partial charge in [0.25, 0.3) is 0 Å². The van der Waals surface area contributed by atoms with E-state index >= 15 is 0 Å². The van der Waals surface area contributed by atoms with E-state index in [0.29, 0.717) is 13.1 Å². The fourth-order valence-corrected chi connectivity index (χ4v) is 4.08. The van der Waals surface area contributed by atoms with E-state index in [1.54, 1.807) is 6.07 Å². The fraction of sp³-hybridized carbons (Fsp3) is 0.350. The second kappa shape index (κ2) is 7.16. The fourth-order valence-electron chi connectivity index (χ4n) is 3.82. The normalized spacial score (nSPS) is 19.4. The summed E-state index contributed by atoms with van der Waals surface area (Å²) in [6, 6.07) is 12.4. The molecule has 0 bridgehead atoms. The number of benzene rings is 2. The minimum atomic E-state index is -0.252. The van der Waals surface area contributed by atoms with Crippen LogP contribution in [0.3, 0.4) is 0 Å². The average Bonchev–Trinajstić information content (AvgIpc) is 3.04. The molecule has 1 atom stereocenters. The predicted octanol–water partition coefficient (Wildman–Crippen LogP) is 4.00. The largest absolute Gasteiger partial charge is 0.367 e. The number of aryl methyl sites for hydroxylation is 1. The summed E-state index contributed by atoms with van der Waals surface area (Å²) in [6.07, 6.45) is 1.70. The maximum atomic E-state index is 13.5. The van der Waals surface area contributed by atoms with Crippen LogP contribution in [0.2, 0.25) is 5.02 Å². The molecule has 6 heteroatoms. The Morgan fingerprint density at radius 1 is 1.12 bits per heavy atom. The molecule has 136 valence electrons. The van der Waals surface area contributed by atoms with Gasteiger partial charge in [-0.05, 0) is 48.2 Å². The molecule has 26 heavy (non-hydrogen) atoms. The van der Waals surface area contributed by atoms with E-state index < -0.39 is 0 Å². The third-order valence-electron chi connectivity index (χ3n) is 5.24. The molecule has 0 spiro atoms. The predicted molar refractivity (Wildman–Crippen MR) is 101 cm³/mol. The number of rotatable bonds is 2. The van der Waals surface area contributed by atoms with Crippen molar-refractivity contribution in [1.29, 1.82) is 0 Å². The van der Waals surface area contributed by atoms with Gasteiger partial charge in [0.05, 0.1) is 16.8 Å². The molecule has 1 unspecified atom stereocenters. The van der Waals surface area contributed by atoms with Gasteiger partial charge < -0.3 is 15.1 Å². The summed E-state index contributed by atoms with van der Waals surface area (Å²) in [5.74, 6) is -0.252. The van der Waals surface area contributed by atoms with Gasteiger partial charge in [-0.2, -0.15) is 0 Å². The van der Waals surface area contributed by atoms with E-state index in [1.807, 2.05) is 35.2 Å². The van der Waals surface area contributed by atoms with E-state index in [-0.39, 0.29) is 17.9 Å². The molecule has 4 nitrogen and oxygen atoms in total. The molecule has 1 saturated heterocycles. The lowest BCUT2D eigenvalue weighted by Gasteiger charge is -2.37. The summed E-state index contributed by atoms with van der Waals surface area (Å²) >= 11 is 6.27. The zero-order valence-corrected chi connectivity index (χ0v) is 15.2. The molecule has 1 aliphatic carbocycles. The molecule has 0 saturated carbocycles. The minimum absolute atomic E-state index is 0.0779. The third kappa shape index (κ3) is 3.36. The highest BCUT2D eigenvalue weighted by molar-refractivity contribution is 6.33. The SMILES string of the molecule is O=C(NC1CCc2ccc(F)cc21)N1CCN(c2ccccc2Cl)CC1. The Balaban J connectivity index is 1.36. The van der Waals surface area contributed by atoms with Crippen LogP contribution in [0.5, 0.6) is 0 Å². The summed E-state index contributed by atoms with van der Waals surface area (Å²) in [7, 11) is 0. The molecule has 2 aromatic rings. The lowest BCUT2D eigenvalue weighted by molar-refractivity contribution is 0.190. The Morgan fingerprint density at radius 3 is 2.65 bits per heavy atom. The number of halogens is 2. The molecule has 0 aromatic heterocycles. The van der Waals surface area contributed by atoms with Crippen molar-refractivity contribution < 1.29 is 9.18 Å². The molecule has 1 N–H and O–H groups in total. The third-order valence-corrected chi connectivity index (χ3v) is 5.56. The molecule has 1 fully saturated rings. The van der Waals surface area contributed by atoms with Gasteiger partial charge in [-0.1, -0.05) is 29.8 Å². The van der Waals surface area contributed by atoms with Crippen LogP contribution in [0.4, 0.5) is 14.9 Å². The van der Waals surface area contributed by atoms with Crippen molar-refractivity contribution in [1.82, 2.24) is 10.2 Å². The molecule has 1 heterocycles. The smallest absolute Gasteiger partial charge is 0.318 e. The number of fused-ring (bicyclic) bond motifs is 1. The molecule has 1 aliphatic heterocycles. The van der Waals surface area contributed by atoms with Crippen molar-refractivity contribution in [2.75, 3.05) is 31.1 Å². The van der Waals surface area contributed by atoms with Gasteiger partial charge in [-0.25, -0.2) is 9.18 Å². The molecule has 2 amide bonds. The van der Waals surface area contributed by atoms with Crippen LogP contribution >= 0.6 is 11.6 Å². The zero-order valence-electron chi connectivity index (χ0n) is 14.4. The minimum Gasteiger partial charge on any atom is -0.367 e. The highest BCUT2D eigenvalue weighted by atomic mass is 35.5.